The van der Waals surface area contributed by atoms with Gasteiger partial charge in [-0.25, -0.2) is 4.79 Å². The number of carbonyl (C=O) groups is 1. The Morgan fingerprint density at radius 1 is 1.12 bits per heavy atom. The lowest BCUT2D eigenvalue weighted by molar-refractivity contribution is 0.135. The van der Waals surface area contributed by atoms with E-state index in [1.54, 1.807) is 14.2 Å². The minimum absolute atomic E-state index is 0.0712. The third-order valence-corrected chi connectivity index (χ3v) is 4.67. The molecule has 0 saturated carbocycles. The second-order valence-corrected chi connectivity index (χ2v) is 6.67. The second-order valence-electron chi connectivity index (χ2n) is 5.81. The Morgan fingerprint density at radius 3 is 2.42 bits per heavy atom. The highest BCUT2D eigenvalue weighted by molar-refractivity contribution is 9.10. The number of carbonyl (C=O) groups excluding carboxylic acids is 1. The molecule has 1 amide bonds. The molecule has 0 radical (unpaired) electrons. The van der Waals surface area contributed by atoms with Crippen molar-refractivity contribution in [3.63, 3.8) is 0 Å². The first-order valence-corrected chi connectivity index (χ1v) is 9.24. The van der Waals surface area contributed by atoms with Gasteiger partial charge in [0.1, 0.15) is 18.1 Å². The summed E-state index contributed by atoms with van der Waals surface area (Å²) in [7, 11) is 3.24. The SMILES string of the molecule is CCC(Cc1cc(OC)c(Br)cc1OC)NC(=O)OCc1ccccc1. The minimum atomic E-state index is -0.427. The van der Waals surface area contributed by atoms with Crippen LogP contribution in [-0.2, 0) is 17.8 Å². The second kappa shape index (κ2) is 10.1. The molecule has 5 nitrogen and oxygen atoms in total. The summed E-state index contributed by atoms with van der Waals surface area (Å²) in [6.45, 7) is 2.27. The Hall–Kier alpha value is -2.21. The smallest absolute Gasteiger partial charge is 0.407 e. The van der Waals surface area contributed by atoms with Gasteiger partial charge in [-0.05, 0) is 52.0 Å². The van der Waals surface area contributed by atoms with Crippen LogP contribution in [0.3, 0.4) is 0 Å². The number of halogens is 1. The van der Waals surface area contributed by atoms with Crippen LogP contribution in [0.1, 0.15) is 24.5 Å². The summed E-state index contributed by atoms with van der Waals surface area (Å²) in [5.74, 6) is 1.47. The highest BCUT2D eigenvalue weighted by Crippen LogP contribution is 2.33. The van der Waals surface area contributed by atoms with Crippen molar-refractivity contribution in [1.29, 1.82) is 0 Å². The van der Waals surface area contributed by atoms with Crippen molar-refractivity contribution in [1.82, 2.24) is 5.32 Å². The zero-order valence-corrected chi connectivity index (χ0v) is 16.8. The fourth-order valence-corrected chi connectivity index (χ4v) is 3.06. The van der Waals surface area contributed by atoms with Crippen molar-refractivity contribution >= 4 is 22.0 Å². The number of hydrogen-bond acceptors (Lipinski definition) is 4. The molecule has 2 rings (SSSR count). The van der Waals surface area contributed by atoms with E-state index in [1.807, 2.05) is 49.4 Å². The first-order valence-electron chi connectivity index (χ1n) is 8.45. The van der Waals surface area contributed by atoms with Crippen molar-refractivity contribution < 1.29 is 19.0 Å². The van der Waals surface area contributed by atoms with Gasteiger partial charge < -0.3 is 19.5 Å². The third kappa shape index (κ3) is 5.66. The van der Waals surface area contributed by atoms with Gasteiger partial charge in [-0.15, -0.1) is 0 Å². The lowest BCUT2D eigenvalue weighted by Crippen LogP contribution is -2.36. The normalized spacial score (nSPS) is 11.5. The van der Waals surface area contributed by atoms with Crippen molar-refractivity contribution in [2.75, 3.05) is 14.2 Å². The van der Waals surface area contributed by atoms with Crippen LogP contribution in [0.4, 0.5) is 4.79 Å². The zero-order chi connectivity index (χ0) is 18.9. The average molecular weight is 422 g/mol. The van der Waals surface area contributed by atoms with Gasteiger partial charge in [-0.3, -0.25) is 0 Å². The Balaban J connectivity index is 1.99. The monoisotopic (exact) mass is 421 g/mol. The van der Waals surface area contributed by atoms with Gasteiger partial charge in [0, 0.05) is 6.04 Å². The number of amides is 1. The predicted octanol–water partition coefficient (Wildman–Crippen LogP) is 4.71. The van der Waals surface area contributed by atoms with Crippen LogP contribution in [0.15, 0.2) is 46.9 Å². The summed E-state index contributed by atoms with van der Waals surface area (Å²) in [5.41, 5.74) is 1.91. The topological polar surface area (TPSA) is 56.8 Å². The summed E-state index contributed by atoms with van der Waals surface area (Å²) in [4.78, 5) is 12.1. The van der Waals surface area contributed by atoms with E-state index in [0.717, 1.165) is 33.5 Å². The molecular formula is C20H24BrNO4. The van der Waals surface area contributed by atoms with E-state index in [0.29, 0.717) is 6.42 Å². The van der Waals surface area contributed by atoms with Gasteiger partial charge in [0.15, 0.2) is 0 Å². The van der Waals surface area contributed by atoms with Crippen LogP contribution in [0, 0.1) is 0 Å². The van der Waals surface area contributed by atoms with Gasteiger partial charge >= 0.3 is 6.09 Å². The summed E-state index contributed by atoms with van der Waals surface area (Å²) < 4.78 is 16.9. The van der Waals surface area contributed by atoms with Crippen molar-refractivity contribution in [2.24, 2.45) is 0 Å². The van der Waals surface area contributed by atoms with E-state index in [1.165, 1.54) is 0 Å². The van der Waals surface area contributed by atoms with E-state index in [9.17, 15) is 4.79 Å². The molecule has 0 aliphatic carbocycles. The molecule has 2 aromatic carbocycles. The van der Waals surface area contributed by atoms with Crippen LogP contribution in [-0.4, -0.2) is 26.4 Å². The first-order chi connectivity index (χ1) is 12.6. The van der Waals surface area contributed by atoms with E-state index >= 15 is 0 Å². The van der Waals surface area contributed by atoms with Crippen LogP contribution >= 0.6 is 15.9 Å². The lowest BCUT2D eigenvalue weighted by atomic mass is 10.0. The van der Waals surface area contributed by atoms with Crippen molar-refractivity contribution in [2.45, 2.75) is 32.4 Å². The van der Waals surface area contributed by atoms with Crippen LogP contribution < -0.4 is 14.8 Å². The number of hydrogen-bond donors (Lipinski definition) is 1. The quantitative estimate of drug-likeness (QED) is 0.669. The Labute approximate surface area is 162 Å². The largest absolute Gasteiger partial charge is 0.496 e. The lowest BCUT2D eigenvalue weighted by Gasteiger charge is -2.19. The highest BCUT2D eigenvalue weighted by atomic mass is 79.9. The summed E-state index contributed by atoms with van der Waals surface area (Å²) in [6, 6.07) is 13.3. The molecule has 0 saturated heterocycles. The van der Waals surface area contributed by atoms with Gasteiger partial charge in [-0.1, -0.05) is 37.3 Å². The predicted molar refractivity (Wildman–Crippen MR) is 105 cm³/mol. The molecule has 0 aliphatic heterocycles. The standard InChI is InChI=1S/C20H24BrNO4/c1-4-16(22-20(23)26-13-14-8-6-5-7-9-14)10-15-11-19(25-3)17(21)12-18(15)24-2/h5-9,11-12,16H,4,10,13H2,1-3H3,(H,22,23). The number of nitrogens with one attached hydrogen (secondary N) is 1. The van der Waals surface area contributed by atoms with Crippen molar-refractivity contribution in [3.8, 4) is 11.5 Å². The molecule has 0 spiro atoms. The molecule has 26 heavy (non-hydrogen) atoms. The van der Waals surface area contributed by atoms with Crippen LogP contribution in [0.2, 0.25) is 0 Å². The Morgan fingerprint density at radius 2 is 1.81 bits per heavy atom. The molecular weight excluding hydrogens is 398 g/mol. The molecule has 0 aliphatic rings. The number of ether oxygens (including phenoxy) is 3. The van der Waals surface area contributed by atoms with E-state index in [-0.39, 0.29) is 12.6 Å². The fourth-order valence-electron chi connectivity index (χ4n) is 2.58. The molecule has 1 atom stereocenters. The van der Waals surface area contributed by atoms with Crippen LogP contribution in [0.5, 0.6) is 11.5 Å². The number of rotatable bonds is 8. The van der Waals surface area contributed by atoms with Crippen LogP contribution in [0.25, 0.3) is 0 Å². The third-order valence-electron chi connectivity index (χ3n) is 4.05. The van der Waals surface area contributed by atoms with Gasteiger partial charge in [0.2, 0.25) is 0 Å². The minimum Gasteiger partial charge on any atom is -0.496 e. The summed E-state index contributed by atoms with van der Waals surface area (Å²) >= 11 is 3.45. The van der Waals surface area contributed by atoms with E-state index in [2.05, 4.69) is 21.2 Å². The molecule has 0 aromatic heterocycles. The van der Waals surface area contributed by atoms with Crippen molar-refractivity contribution in [3.05, 3.63) is 58.1 Å². The van der Waals surface area contributed by atoms with E-state index in [4.69, 9.17) is 14.2 Å². The van der Waals surface area contributed by atoms with Gasteiger partial charge in [-0.2, -0.15) is 0 Å². The highest BCUT2D eigenvalue weighted by Gasteiger charge is 2.17. The molecule has 0 fully saturated rings. The average Bonchev–Trinajstić information content (AvgIpc) is 2.67. The van der Waals surface area contributed by atoms with E-state index < -0.39 is 6.09 Å². The van der Waals surface area contributed by atoms with Gasteiger partial charge in [0.25, 0.3) is 0 Å². The molecule has 140 valence electrons. The Kier molecular flexibility index (Phi) is 7.78. The maximum atomic E-state index is 12.1. The molecule has 0 heterocycles. The number of methoxy groups -OCH3 is 2. The number of benzene rings is 2. The maximum Gasteiger partial charge on any atom is 0.407 e. The first kappa shape index (κ1) is 20.1. The molecule has 1 unspecified atom stereocenters. The fraction of sp³-hybridized carbons (Fsp3) is 0.350. The Bertz CT molecular complexity index is 721. The molecule has 0 bridgehead atoms. The zero-order valence-electron chi connectivity index (χ0n) is 15.3. The van der Waals surface area contributed by atoms with Gasteiger partial charge in [0.05, 0.1) is 18.7 Å². The molecule has 1 N–H and O–H groups in total. The molecule has 2 aromatic rings. The number of alkyl carbamates (subject to hydrolysis) is 1. The maximum absolute atomic E-state index is 12.1. The molecule has 6 heteroatoms. The summed E-state index contributed by atoms with van der Waals surface area (Å²) in [6.07, 6.45) is 0.954. The summed E-state index contributed by atoms with van der Waals surface area (Å²) in [5, 5.41) is 2.92.